The summed E-state index contributed by atoms with van der Waals surface area (Å²) in [6.07, 6.45) is -4.60. The largest absolute Gasteiger partial charge is 0.416 e. The van der Waals surface area contributed by atoms with Crippen LogP contribution < -0.4 is 0 Å². The van der Waals surface area contributed by atoms with Gasteiger partial charge in [-0.2, -0.15) is 18.4 Å². The van der Waals surface area contributed by atoms with Gasteiger partial charge in [-0.15, -0.1) is 0 Å². The molecule has 0 fully saturated rings. The number of benzene rings is 10. The van der Waals surface area contributed by atoms with Crippen molar-refractivity contribution < 1.29 is 13.2 Å². The molecule has 0 spiro atoms. The van der Waals surface area contributed by atoms with Crippen LogP contribution in [-0.4, -0.2) is 9.13 Å². The Labute approximate surface area is 422 Å². The summed E-state index contributed by atoms with van der Waals surface area (Å²) >= 11 is 0. The van der Waals surface area contributed by atoms with Crippen molar-refractivity contribution in [3.63, 3.8) is 0 Å². The Morgan fingerprint density at radius 1 is 0.329 bits per heavy atom. The maximum Gasteiger partial charge on any atom is 0.416 e. The maximum absolute atomic E-state index is 14.9. The first kappa shape index (κ1) is 45.2. The van der Waals surface area contributed by atoms with Gasteiger partial charge in [0.2, 0.25) is 0 Å². The molecule has 352 valence electrons. The van der Waals surface area contributed by atoms with Crippen LogP contribution in [0.15, 0.2) is 200 Å². The predicted molar refractivity (Wildman–Crippen MR) is 296 cm³/mol. The van der Waals surface area contributed by atoms with Crippen molar-refractivity contribution in [2.75, 3.05) is 0 Å². The smallest absolute Gasteiger partial charge is 0.309 e. The van der Waals surface area contributed by atoms with Gasteiger partial charge in [0.25, 0.3) is 0 Å². The molecule has 3 nitrogen and oxygen atoms in total. The van der Waals surface area contributed by atoms with Gasteiger partial charge in [0, 0.05) is 27.1 Å². The van der Waals surface area contributed by atoms with Crippen molar-refractivity contribution in [2.24, 2.45) is 0 Å². The van der Waals surface area contributed by atoms with Gasteiger partial charge < -0.3 is 9.13 Å². The molecule has 0 radical (unpaired) electrons. The second-order valence-corrected chi connectivity index (χ2v) is 19.6. The van der Waals surface area contributed by atoms with E-state index in [0.717, 1.165) is 99.2 Å². The topological polar surface area (TPSA) is 33.6 Å². The quantitative estimate of drug-likeness (QED) is 0.157. The van der Waals surface area contributed by atoms with E-state index in [4.69, 9.17) is 0 Å². The van der Waals surface area contributed by atoms with Crippen LogP contribution in [0, 0.1) is 45.9 Å². The molecule has 12 aromatic rings. The molecule has 0 saturated heterocycles. The van der Waals surface area contributed by atoms with Crippen LogP contribution in [0.2, 0.25) is 0 Å². The molecule has 0 amide bonds. The fourth-order valence-electron chi connectivity index (χ4n) is 10.6. The van der Waals surface area contributed by atoms with Crippen LogP contribution in [0.5, 0.6) is 0 Å². The molecule has 6 heteroatoms. The summed E-state index contributed by atoms with van der Waals surface area (Å²) in [4.78, 5) is 0. The molecule has 0 unspecified atom stereocenters. The molecular weight excluding hydrogens is 904 g/mol. The zero-order valence-corrected chi connectivity index (χ0v) is 41.0. The van der Waals surface area contributed by atoms with Crippen molar-refractivity contribution in [1.82, 2.24) is 9.13 Å². The van der Waals surface area contributed by atoms with Gasteiger partial charge in [-0.25, -0.2) is 0 Å². The Morgan fingerprint density at radius 3 is 0.986 bits per heavy atom. The maximum atomic E-state index is 14.9. The Kier molecular flexibility index (Phi) is 10.8. The van der Waals surface area contributed by atoms with E-state index in [1.165, 1.54) is 23.3 Å². The second kappa shape index (κ2) is 17.4. The zero-order valence-electron chi connectivity index (χ0n) is 41.0. The lowest BCUT2D eigenvalue weighted by molar-refractivity contribution is -0.137. The van der Waals surface area contributed by atoms with E-state index >= 15 is 0 Å². The van der Waals surface area contributed by atoms with Crippen molar-refractivity contribution in [2.45, 2.75) is 40.8 Å². The van der Waals surface area contributed by atoms with Gasteiger partial charge in [-0.1, -0.05) is 150 Å². The molecule has 0 N–H and O–H groups in total. The number of aromatic nitrogens is 2. The van der Waals surface area contributed by atoms with Crippen LogP contribution in [-0.2, 0) is 6.18 Å². The number of halogens is 3. The lowest BCUT2D eigenvalue weighted by Gasteiger charge is -2.20. The number of hydrogen-bond acceptors (Lipinski definition) is 1. The van der Waals surface area contributed by atoms with E-state index in [-0.39, 0.29) is 0 Å². The summed E-state index contributed by atoms with van der Waals surface area (Å²) in [5.41, 5.74) is 18.8. The first-order chi connectivity index (χ1) is 35.3. The summed E-state index contributed by atoms with van der Waals surface area (Å²) in [6, 6.07) is 70.2. The lowest BCUT2D eigenvalue weighted by Crippen LogP contribution is -2.07. The van der Waals surface area contributed by atoms with Crippen molar-refractivity contribution in [1.29, 1.82) is 5.26 Å². The van der Waals surface area contributed by atoms with Crippen molar-refractivity contribution in [3.05, 3.63) is 239 Å². The summed E-state index contributed by atoms with van der Waals surface area (Å²) in [6.45, 7) is 10.00. The molecular formula is C67H48F3N3. The number of hydrogen-bond donors (Lipinski definition) is 0. The summed E-state index contributed by atoms with van der Waals surface area (Å²) in [7, 11) is 0. The van der Waals surface area contributed by atoms with Crippen molar-refractivity contribution in [3.8, 4) is 73.1 Å². The molecule has 0 aliphatic rings. The molecule has 10 aromatic carbocycles. The average Bonchev–Trinajstić information content (AvgIpc) is 3.89. The van der Waals surface area contributed by atoms with E-state index < -0.39 is 11.7 Å². The normalized spacial score (nSPS) is 11.8. The number of alkyl halides is 3. The Morgan fingerprint density at radius 2 is 0.658 bits per heavy atom. The number of nitriles is 1. The van der Waals surface area contributed by atoms with Gasteiger partial charge in [-0.05, 0) is 163 Å². The van der Waals surface area contributed by atoms with E-state index in [2.05, 4.69) is 213 Å². The molecule has 12 rings (SSSR count). The number of nitrogens with zero attached hydrogens (tertiary/aromatic N) is 3. The van der Waals surface area contributed by atoms with Crippen molar-refractivity contribution >= 4 is 43.6 Å². The highest BCUT2D eigenvalue weighted by Crippen LogP contribution is 2.45. The fraction of sp³-hybridized carbons (Fsp3) is 0.0896. The lowest BCUT2D eigenvalue weighted by atomic mass is 9.95. The molecule has 2 heterocycles. The average molecular weight is 952 g/mol. The standard InChI is InChI=1S/C67H48F3N3/c1-40-6-14-45(15-7-40)49-22-26-61-57(33-49)58-34-50(46-16-8-41(2)9-17-46)23-27-62(58)72(61)65-38-56(53-30-44(5)31-55(32-53)67(68,69)70)66(37-54(65)39-71)73-63-28-24-51(47-18-10-42(3)11-19-47)35-59(63)60-36-52(25-29-64(60)73)48-20-12-43(4)13-21-48/h6-38H,1-5H3. The minimum atomic E-state index is -4.60. The molecule has 2 aromatic heterocycles. The predicted octanol–water partition coefficient (Wildman–Crippen LogP) is 18.6. The molecule has 0 aliphatic heterocycles. The molecule has 0 saturated carbocycles. The van der Waals surface area contributed by atoms with Crippen LogP contribution in [0.25, 0.3) is 111 Å². The highest BCUT2D eigenvalue weighted by atomic mass is 19.4. The molecule has 0 atom stereocenters. The summed E-state index contributed by atoms with van der Waals surface area (Å²) in [5.74, 6) is 0. The SMILES string of the molecule is Cc1ccc(-c2ccc3c(c2)c2cc(-c4ccc(C)cc4)ccc2n3-c2cc(-c3cc(C)cc(C(F)(F)F)c3)c(-n3c4ccc(-c5ccc(C)cc5)cc4c4cc(-c5ccc(C)cc5)ccc43)cc2C#N)cc1. The third-order valence-electron chi connectivity index (χ3n) is 14.5. The fourth-order valence-corrected chi connectivity index (χ4v) is 10.6. The van der Waals surface area contributed by atoms with Crippen LogP contribution >= 0.6 is 0 Å². The van der Waals surface area contributed by atoms with E-state index in [1.807, 2.05) is 18.2 Å². The van der Waals surface area contributed by atoms with E-state index in [0.29, 0.717) is 33.6 Å². The Hall–Kier alpha value is -8.92. The molecule has 0 bridgehead atoms. The minimum absolute atomic E-state index is 0.369. The Balaban J connectivity index is 1.16. The zero-order chi connectivity index (χ0) is 50.3. The highest BCUT2D eigenvalue weighted by molar-refractivity contribution is 6.14. The van der Waals surface area contributed by atoms with E-state index in [9.17, 15) is 18.4 Å². The van der Waals surface area contributed by atoms with Crippen LogP contribution in [0.4, 0.5) is 13.2 Å². The first-order valence-electron chi connectivity index (χ1n) is 24.5. The van der Waals surface area contributed by atoms with Gasteiger partial charge in [0.05, 0.1) is 44.6 Å². The van der Waals surface area contributed by atoms with Gasteiger partial charge >= 0.3 is 6.18 Å². The highest BCUT2D eigenvalue weighted by Gasteiger charge is 2.32. The van der Waals surface area contributed by atoms with Gasteiger partial charge in [0.1, 0.15) is 6.07 Å². The number of fused-ring (bicyclic) bond motifs is 6. The summed E-state index contributed by atoms with van der Waals surface area (Å²) < 4.78 is 49.0. The minimum Gasteiger partial charge on any atom is -0.309 e. The number of rotatable bonds is 7. The summed E-state index contributed by atoms with van der Waals surface area (Å²) in [5, 5.41) is 15.4. The number of aryl methyl sites for hydroxylation is 5. The van der Waals surface area contributed by atoms with Gasteiger partial charge in [-0.3, -0.25) is 0 Å². The monoisotopic (exact) mass is 951 g/mol. The molecule has 73 heavy (non-hydrogen) atoms. The van der Waals surface area contributed by atoms with Crippen LogP contribution in [0.1, 0.15) is 38.9 Å². The van der Waals surface area contributed by atoms with Gasteiger partial charge in [0.15, 0.2) is 0 Å². The second-order valence-electron chi connectivity index (χ2n) is 19.6. The third-order valence-corrected chi connectivity index (χ3v) is 14.5. The third kappa shape index (κ3) is 8.04. The Bertz CT molecular complexity index is 4000. The first-order valence-corrected chi connectivity index (χ1v) is 24.5. The molecule has 0 aliphatic carbocycles. The van der Waals surface area contributed by atoms with Crippen LogP contribution in [0.3, 0.4) is 0 Å². The van der Waals surface area contributed by atoms with E-state index in [1.54, 1.807) is 6.92 Å².